The van der Waals surface area contributed by atoms with Gasteiger partial charge in [0, 0.05) is 42.9 Å². The molecule has 0 unspecified atom stereocenters. The molecule has 0 saturated carbocycles. The lowest BCUT2D eigenvalue weighted by Crippen LogP contribution is -2.41. The summed E-state index contributed by atoms with van der Waals surface area (Å²) in [6, 6.07) is 1.26. The van der Waals surface area contributed by atoms with Gasteiger partial charge in [0.15, 0.2) is 0 Å². The quantitative estimate of drug-likeness (QED) is 0.0660. The number of nitrogens with two attached hydrogens (primary N) is 2. The van der Waals surface area contributed by atoms with Gasteiger partial charge in [-0.3, -0.25) is 0 Å². The fourth-order valence-electron chi connectivity index (χ4n) is 4.32. The molecule has 0 saturated heterocycles. The topological polar surface area (TPSA) is 111 Å². The van der Waals surface area contributed by atoms with E-state index in [9.17, 15) is 31.1 Å². The van der Waals surface area contributed by atoms with Gasteiger partial charge in [0.05, 0.1) is 17.7 Å². The highest BCUT2D eigenvalue weighted by atomic mass is 19.4. The molecule has 0 fully saturated rings. The number of hydrazine groups is 1. The van der Waals surface area contributed by atoms with Crippen molar-refractivity contribution in [1.29, 1.82) is 0 Å². The Kier molecular flexibility index (Phi) is 12.5. The molecule has 0 amide bonds. The molecule has 0 spiro atoms. The number of hydrogen-bond donors (Lipinski definition) is 2. The van der Waals surface area contributed by atoms with Gasteiger partial charge in [-0.15, -0.1) is 5.10 Å². The number of hydrogen-bond acceptors (Lipinski definition) is 6. The Morgan fingerprint density at radius 1 is 1.05 bits per heavy atom. The van der Waals surface area contributed by atoms with Gasteiger partial charge in [-0.05, 0) is 44.0 Å². The summed E-state index contributed by atoms with van der Waals surface area (Å²) in [7, 11) is 1.33. The number of ether oxygens (including phenoxy) is 2. The molecule has 0 aliphatic carbocycles. The number of nitrogens with zero attached hydrogens (tertiary/aromatic N) is 4. The second-order valence-electron chi connectivity index (χ2n) is 9.61. The Hall–Kier alpha value is -3.72. The van der Waals surface area contributed by atoms with Gasteiger partial charge in [0.2, 0.25) is 5.96 Å². The van der Waals surface area contributed by atoms with Crippen molar-refractivity contribution in [2.75, 3.05) is 20.3 Å². The third kappa shape index (κ3) is 9.64. The Labute approximate surface area is 246 Å². The summed E-state index contributed by atoms with van der Waals surface area (Å²) in [5, 5.41) is 5.70. The highest BCUT2D eigenvalue weighted by Gasteiger charge is 2.37. The molecule has 4 N–H and O–H groups in total. The van der Waals surface area contributed by atoms with E-state index in [1.54, 1.807) is 13.8 Å². The van der Waals surface area contributed by atoms with E-state index in [0.29, 0.717) is 41.3 Å². The molecular weight excluding hydrogens is 582 g/mol. The minimum atomic E-state index is -5.05. The predicted octanol–water partition coefficient (Wildman–Crippen LogP) is 4.11. The first-order chi connectivity index (χ1) is 20.0. The zero-order chi connectivity index (χ0) is 32.5. The monoisotopic (exact) mass is 620 g/mol. The third-order valence-corrected chi connectivity index (χ3v) is 6.27. The summed E-state index contributed by atoms with van der Waals surface area (Å²) >= 11 is 0. The Balaban J connectivity index is 2.84. The molecule has 1 aromatic carbocycles. The van der Waals surface area contributed by atoms with Crippen LogP contribution < -0.4 is 22.1 Å². The lowest BCUT2D eigenvalue weighted by atomic mass is 10.0. The van der Waals surface area contributed by atoms with Crippen molar-refractivity contribution in [1.82, 2.24) is 14.6 Å². The van der Waals surface area contributed by atoms with Crippen molar-refractivity contribution in [3.63, 3.8) is 0 Å². The summed E-state index contributed by atoms with van der Waals surface area (Å²) in [6.45, 7) is 8.98. The molecule has 1 heterocycles. The van der Waals surface area contributed by atoms with Crippen molar-refractivity contribution in [3.05, 3.63) is 56.7 Å². The van der Waals surface area contributed by atoms with Crippen LogP contribution in [0, 0.1) is 0 Å². The third-order valence-electron chi connectivity index (χ3n) is 6.27. The molecule has 43 heavy (non-hydrogen) atoms. The molecule has 0 bridgehead atoms. The van der Waals surface area contributed by atoms with Gasteiger partial charge in [0.25, 0.3) is 0 Å². The van der Waals surface area contributed by atoms with Crippen LogP contribution in [0.25, 0.3) is 12.7 Å². The van der Waals surface area contributed by atoms with Gasteiger partial charge in [-0.2, -0.15) is 26.3 Å². The zero-order valence-corrected chi connectivity index (χ0v) is 24.6. The molecular formula is C28H38F6N6O3. The van der Waals surface area contributed by atoms with Crippen molar-refractivity contribution in [3.8, 4) is 0 Å². The van der Waals surface area contributed by atoms with Crippen LogP contribution in [-0.4, -0.2) is 46.8 Å². The Morgan fingerprint density at radius 2 is 1.65 bits per heavy atom. The van der Waals surface area contributed by atoms with E-state index in [-0.39, 0.29) is 43.2 Å². The molecule has 9 nitrogen and oxygen atoms in total. The van der Waals surface area contributed by atoms with E-state index < -0.39 is 36.0 Å². The average molecular weight is 621 g/mol. The molecule has 15 heteroatoms. The van der Waals surface area contributed by atoms with Gasteiger partial charge in [0.1, 0.15) is 12.4 Å². The number of carbonyl (C=O) groups excluding carboxylic acids is 1. The van der Waals surface area contributed by atoms with E-state index in [4.69, 9.17) is 21.1 Å². The lowest BCUT2D eigenvalue weighted by molar-refractivity contribution is -0.143. The summed E-state index contributed by atoms with van der Waals surface area (Å²) in [4.78, 5) is 14.5. The van der Waals surface area contributed by atoms with E-state index in [0.717, 1.165) is 18.0 Å². The number of hydrazone groups is 1. The molecule has 2 aromatic rings. The fourth-order valence-corrected chi connectivity index (χ4v) is 4.32. The largest absolute Gasteiger partial charge is 0.461 e. The predicted molar refractivity (Wildman–Crippen MR) is 150 cm³/mol. The van der Waals surface area contributed by atoms with Crippen LogP contribution in [0.15, 0.2) is 23.3 Å². The first-order valence-corrected chi connectivity index (χ1v) is 13.6. The number of unbranched alkanes of at least 4 members (excludes halogenated alkanes) is 2. The van der Waals surface area contributed by atoms with Gasteiger partial charge in [-0.1, -0.05) is 32.4 Å². The van der Waals surface area contributed by atoms with Crippen molar-refractivity contribution in [2.24, 2.45) is 16.7 Å². The number of esters is 1. The van der Waals surface area contributed by atoms with Crippen LogP contribution in [0.2, 0.25) is 0 Å². The van der Waals surface area contributed by atoms with Crippen molar-refractivity contribution < 1.29 is 40.6 Å². The van der Waals surface area contributed by atoms with Crippen LogP contribution in [0.5, 0.6) is 0 Å². The van der Waals surface area contributed by atoms with Crippen molar-refractivity contribution >= 4 is 24.6 Å². The maximum absolute atomic E-state index is 13.6. The summed E-state index contributed by atoms with van der Waals surface area (Å²) in [5.74, 6) is 4.58. The second kappa shape index (κ2) is 15.1. The van der Waals surface area contributed by atoms with Crippen LogP contribution in [0.1, 0.15) is 72.8 Å². The highest BCUT2D eigenvalue weighted by Crippen LogP contribution is 2.36. The number of carbonyl (C=O) groups is 1. The number of halogens is 6. The molecule has 2 rings (SSSR count). The minimum absolute atomic E-state index is 0.0369. The Bertz CT molecular complexity index is 1350. The standard InChI is InChI=1S/C28H38F6N6O3/c1-6-9-10-11-22-18(4)40(17-42-7-2)24(25(41)43-8-3)23(22)16-39(26(35)37-38(5)36)15-19-12-20(27(29,30)31)14-21(13-19)28(32,33)34/h11-14H,4,6-10,15-17,36H2,1-3,5H3,(H2,35,37)/b22-11+. The normalized spacial score (nSPS) is 13.0. The maximum atomic E-state index is 13.6. The fraction of sp³-hybridized carbons (Fsp3) is 0.500. The van der Waals surface area contributed by atoms with Gasteiger partial charge >= 0.3 is 18.3 Å². The lowest BCUT2D eigenvalue weighted by Gasteiger charge is -2.26. The number of guanidine groups is 1. The van der Waals surface area contributed by atoms with Crippen LogP contribution in [-0.2, 0) is 41.6 Å². The first kappa shape index (κ1) is 35.5. The number of aromatic nitrogens is 1. The van der Waals surface area contributed by atoms with Crippen LogP contribution in [0.3, 0.4) is 0 Å². The van der Waals surface area contributed by atoms with Gasteiger partial charge in [-0.25, -0.2) is 15.8 Å². The highest BCUT2D eigenvalue weighted by molar-refractivity contribution is 5.90. The SMILES string of the molecule is C=c1/c(=C\CCCC)c(CN(Cc2cc(C(F)(F)F)cc(C(F)(F)F)c2)/C(N)=N/N(C)N)c(C(=O)OCC)n1COCC. The minimum Gasteiger partial charge on any atom is -0.461 e. The Morgan fingerprint density at radius 3 is 2.14 bits per heavy atom. The smallest absolute Gasteiger partial charge is 0.416 e. The summed E-state index contributed by atoms with van der Waals surface area (Å²) in [5.41, 5.74) is 3.26. The average Bonchev–Trinajstić information content (AvgIpc) is 3.15. The molecule has 1 aromatic heterocycles. The van der Waals surface area contributed by atoms with Gasteiger partial charge < -0.3 is 24.7 Å². The van der Waals surface area contributed by atoms with Crippen LogP contribution in [0.4, 0.5) is 26.3 Å². The van der Waals surface area contributed by atoms with E-state index in [1.807, 2.05) is 13.0 Å². The zero-order valence-electron chi connectivity index (χ0n) is 24.6. The first-order valence-electron chi connectivity index (χ1n) is 13.6. The molecule has 0 aliphatic heterocycles. The number of alkyl halides is 6. The number of benzene rings is 1. The van der Waals surface area contributed by atoms with Crippen molar-refractivity contribution in [2.45, 2.75) is 72.2 Å². The summed E-state index contributed by atoms with van der Waals surface area (Å²) < 4.78 is 93.9. The molecule has 0 atom stereocenters. The summed E-state index contributed by atoms with van der Waals surface area (Å²) in [6.07, 6.45) is -5.96. The number of rotatable bonds is 13. The van der Waals surface area contributed by atoms with Crippen LogP contribution >= 0.6 is 0 Å². The molecule has 0 radical (unpaired) electrons. The maximum Gasteiger partial charge on any atom is 0.416 e. The second-order valence-corrected chi connectivity index (χ2v) is 9.61. The van der Waals surface area contributed by atoms with E-state index >= 15 is 0 Å². The van der Waals surface area contributed by atoms with E-state index in [1.165, 1.54) is 16.5 Å². The molecule has 0 aliphatic rings. The van der Waals surface area contributed by atoms with E-state index in [2.05, 4.69) is 11.7 Å². The molecule has 240 valence electrons.